The van der Waals surface area contributed by atoms with Crippen molar-refractivity contribution in [1.82, 2.24) is 5.32 Å². The van der Waals surface area contributed by atoms with Crippen molar-refractivity contribution in [3.8, 4) is 23.7 Å². The molecule has 0 aliphatic rings. The summed E-state index contributed by atoms with van der Waals surface area (Å²) >= 11 is 28.1. The lowest BCUT2D eigenvalue weighted by atomic mass is 10.0. The highest BCUT2D eigenvalue weighted by atomic mass is 35.6. The van der Waals surface area contributed by atoms with Gasteiger partial charge in [-0.05, 0) is 25.7 Å². The maximum Gasteiger partial charge on any atom is 0.217 e. The second kappa shape index (κ2) is 14.2. The minimum Gasteiger partial charge on any atom is -0.354 e. The van der Waals surface area contributed by atoms with E-state index in [1.807, 2.05) is 0 Å². The predicted molar refractivity (Wildman–Crippen MR) is 106 cm³/mol. The topological polar surface area (TPSA) is 29.1 Å². The summed E-state index contributed by atoms with van der Waals surface area (Å²) in [5.74, 6) is 11.8. The number of amides is 1. The number of halogens is 5. The molecule has 0 aromatic heterocycles. The molecule has 0 fully saturated rings. The Bertz CT molecular complexity index is 479. The zero-order valence-corrected chi connectivity index (χ0v) is 17.4. The van der Waals surface area contributed by atoms with E-state index in [2.05, 4.69) is 29.0 Å². The quantitative estimate of drug-likeness (QED) is 0.293. The van der Waals surface area contributed by atoms with Crippen molar-refractivity contribution >= 4 is 63.9 Å². The molecule has 2 nitrogen and oxygen atoms in total. The Kier molecular flexibility index (Phi) is 14.3. The molecule has 0 unspecified atom stereocenters. The molecule has 0 radical (unpaired) electrons. The number of unbranched alkanes of at least 4 members (excludes halogenated alkanes) is 2. The van der Waals surface area contributed by atoms with E-state index in [1.54, 1.807) is 0 Å². The fourth-order valence-corrected chi connectivity index (χ4v) is 2.29. The van der Waals surface area contributed by atoms with Crippen molar-refractivity contribution in [2.24, 2.45) is 0 Å². The molecule has 0 aliphatic carbocycles. The lowest BCUT2D eigenvalue weighted by molar-refractivity contribution is -0.119. The monoisotopic (exact) mass is 431 g/mol. The van der Waals surface area contributed by atoms with Gasteiger partial charge in [-0.25, -0.2) is 0 Å². The SMILES string of the molecule is CC(=O)N[C@@H](CCCC#CCC(Cl)Cl)CCCC#CCC(Cl)(Cl)Cl. The van der Waals surface area contributed by atoms with Gasteiger partial charge in [0, 0.05) is 32.2 Å². The highest BCUT2D eigenvalue weighted by molar-refractivity contribution is 6.67. The Balaban J connectivity index is 4.04. The fraction of sp³-hybridized carbons (Fsp3) is 0.706. The van der Waals surface area contributed by atoms with Crippen molar-refractivity contribution in [2.75, 3.05) is 0 Å². The molecule has 0 bridgehead atoms. The number of alkyl halides is 5. The van der Waals surface area contributed by atoms with Gasteiger partial charge in [0.1, 0.15) is 4.84 Å². The van der Waals surface area contributed by atoms with E-state index >= 15 is 0 Å². The van der Waals surface area contributed by atoms with Crippen LogP contribution in [0.5, 0.6) is 0 Å². The molecular formula is C17H22Cl5NO. The molecule has 1 atom stereocenters. The Hall–Kier alpha value is 0.0400. The number of hydrogen-bond donors (Lipinski definition) is 1. The lowest BCUT2D eigenvalue weighted by Gasteiger charge is -2.16. The first-order chi connectivity index (χ1) is 11.2. The third-order valence-electron chi connectivity index (χ3n) is 2.91. The van der Waals surface area contributed by atoms with Gasteiger partial charge in [-0.1, -0.05) is 40.7 Å². The third-order valence-corrected chi connectivity index (χ3v) is 3.62. The molecule has 1 N–H and O–H groups in total. The van der Waals surface area contributed by atoms with Crippen LogP contribution in [0.3, 0.4) is 0 Å². The van der Waals surface area contributed by atoms with Crippen molar-refractivity contribution in [3.05, 3.63) is 0 Å². The Labute approximate surface area is 170 Å². The van der Waals surface area contributed by atoms with Crippen LogP contribution in [0.25, 0.3) is 0 Å². The number of hydrogen-bond acceptors (Lipinski definition) is 1. The van der Waals surface area contributed by atoms with Crippen molar-refractivity contribution in [2.45, 2.75) is 73.0 Å². The van der Waals surface area contributed by atoms with E-state index in [1.165, 1.54) is 6.92 Å². The van der Waals surface area contributed by atoms with Crippen LogP contribution in [0.4, 0.5) is 0 Å². The molecule has 0 saturated carbocycles. The molecule has 0 rings (SSSR count). The summed E-state index contributed by atoms with van der Waals surface area (Å²) < 4.78 is -1.32. The van der Waals surface area contributed by atoms with Crippen LogP contribution in [0, 0.1) is 23.7 Å². The van der Waals surface area contributed by atoms with Crippen molar-refractivity contribution < 1.29 is 4.79 Å². The van der Waals surface area contributed by atoms with Gasteiger partial charge < -0.3 is 5.32 Å². The summed E-state index contributed by atoms with van der Waals surface area (Å²) in [6.07, 6.45) is 5.70. The van der Waals surface area contributed by atoms with Crippen LogP contribution < -0.4 is 5.32 Å². The lowest BCUT2D eigenvalue weighted by Crippen LogP contribution is -2.32. The van der Waals surface area contributed by atoms with Crippen LogP contribution in [-0.4, -0.2) is 20.6 Å². The molecule has 0 spiro atoms. The van der Waals surface area contributed by atoms with E-state index in [-0.39, 0.29) is 18.4 Å². The van der Waals surface area contributed by atoms with Gasteiger partial charge in [0.05, 0.1) is 6.42 Å². The molecule has 1 amide bonds. The van der Waals surface area contributed by atoms with Gasteiger partial charge >= 0.3 is 0 Å². The number of carbonyl (C=O) groups is 1. The number of carbonyl (C=O) groups excluding carboxylic acids is 1. The highest BCUT2D eigenvalue weighted by Crippen LogP contribution is 2.29. The maximum absolute atomic E-state index is 11.3. The zero-order chi connectivity index (χ0) is 18.4. The second-order valence-corrected chi connectivity index (χ2v) is 9.07. The summed E-state index contributed by atoms with van der Waals surface area (Å²) in [6.45, 7) is 1.52. The number of rotatable bonds is 8. The molecule has 0 aromatic rings. The van der Waals surface area contributed by atoms with Gasteiger partial charge in [0.2, 0.25) is 9.70 Å². The predicted octanol–water partition coefficient (Wildman–Crippen LogP) is 5.79. The van der Waals surface area contributed by atoms with Gasteiger partial charge in [-0.15, -0.1) is 41.0 Å². The first-order valence-electron chi connectivity index (χ1n) is 7.74. The van der Waals surface area contributed by atoms with E-state index in [4.69, 9.17) is 58.0 Å². The van der Waals surface area contributed by atoms with Gasteiger partial charge in [0.15, 0.2) is 0 Å². The highest BCUT2D eigenvalue weighted by Gasteiger charge is 2.16. The van der Waals surface area contributed by atoms with Gasteiger partial charge in [-0.3, -0.25) is 4.79 Å². The fourth-order valence-electron chi connectivity index (χ4n) is 1.94. The minimum atomic E-state index is -1.32. The van der Waals surface area contributed by atoms with E-state index in [0.717, 1.165) is 32.1 Å². The molecule has 136 valence electrons. The van der Waals surface area contributed by atoms with Crippen LogP contribution in [0.2, 0.25) is 0 Å². The van der Waals surface area contributed by atoms with Crippen molar-refractivity contribution in [3.63, 3.8) is 0 Å². The molecule has 0 saturated heterocycles. The maximum atomic E-state index is 11.3. The summed E-state index contributed by atoms with van der Waals surface area (Å²) in [6, 6.07) is 0.132. The van der Waals surface area contributed by atoms with E-state index in [9.17, 15) is 4.79 Å². The first-order valence-corrected chi connectivity index (χ1v) is 9.75. The number of nitrogens with one attached hydrogen (secondary N) is 1. The van der Waals surface area contributed by atoms with Crippen molar-refractivity contribution in [1.29, 1.82) is 0 Å². The summed E-state index contributed by atoms with van der Waals surface area (Å²) in [5.41, 5.74) is 0. The molecule has 0 aromatic carbocycles. The smallest absolute Gasteiger partial charge is 0.217 e. The standard InChI is InChI=1S/C17H22Cl5NO/c1-14(24)23-15(10-6-2-3-8-12-16(18)19)11-7-4-5-9-13-17(20,21)22/h15-16H,2,4,6-7,10-13H2,1H3,(H,23,24)/t15-/m0/s1. The summed E-state index contributed by atoms with van der Waals surface area (Å²) in [7, 11) is 0. The van der Waals surface area contributed by atoms with Gasteiger partial charge in [-0.2, -0.15) is 0 Å². The Morgan fingerprint density at radius 3 is 2.00 bits per heavy atom. The van der Waals surface area contributed by atoms with E-state index < -0.39 is 8.63 Å². The van der Waals surface area contributed by atoms with Gasteiger partial charge in [0.25, 0.3) is 0 Å². The molecule has 0 heterocycles. The van der Waals surface area contributed by atoms with Crippen LogP contribution >= 0.6 is 58.0 Å². The Morgan fingerprint density at radius 2 is 1.54 bits per heavy atom. The van der Waals surface area contributed by atoms with Crippen LogP contribution in [0.1, 0.15) is 58.3 Å². The summed E-state index contributed by atoms with van der Waals surface area (Å²) in [4.78, 5) is 10.8. The second-order valence-electron chi connectivity index (χ2n) is 5.28. The Morgan fingerprint density at radius 1 is 1.00 bits per heavy atom. The molecule has 24 heavy (non-hydrogen) atoms. The first kappa shape index (κ1) is 24.0. The third kappa shape index (κ3) is 18.4. The molecular weight excluding hydrogens is 411 g/mol. The zero-order valence-electron chi connectivity index (χ0n) is 13.6. The average Bonchev–Trinajstić information content (AvgIpc) is 2.43. The molecule has 7 heteroatoms. The normalized spacial score (nSPS) is 12.0. The van der Waals surface area contributed by atoms with Crippen LogP contribution in [0.15, 0.2) is 0 Å². The largest absolute Gasteiger partial charge is 0.354 e. The molecule has 0 aliphatic heterocycles. The minimum absolute atomic E-state index is 0.0273. The average molecular weight is 434 g/mol. The van der Waals surface area contributed by atoms with Crippen LogP contribution in [-0.2, 0) is 4.79 Å². The summed E-state index contributed by atoms with van der Waals surface area (Å²) in [5, 5.41) is 2.96. The van der Waals surface area contributed by atoms with E-state index in [0.29, 0.717) is 12.8 Å².